The second-order valence-corrected chi connectivity index (χ2v) is 6.28. The highest BCUT2D eigenvalue weighted by atomic mass is 35.5. The first kappa shape index (κ1) is 17.6. The van der Waals surface area contributed by atoms with Gasteiger partial charge in [0.05, 0.1) is 25.8 Å². The molecule has 1 aliphatic heterocycles. The van der Waals surface area contributed by atoms with Crippen LogP contribution in [0.15, 0.2) is 42.5 Å². The molecule has 2 aromatic carbocycles. The summed E-state index contributed by atoms with van der Waals surface area (Å²) in [7, 11) is 3.14. The van der Waals surface area contributed by atoms with Crippen LogP contribution in [0.3, 0.4) is 0 Å². The third kappa shape index (κ3) is 3.72. The molecule has 1 fully saturated rings. The molecule has 0 bridgehead atoms. The van der Waals surface area contributed by atoms with E-state index in [0.29, 0.717) is 35.2 Å². The lowest BCUT2D eigenvalue weighted by Gasteiger charge is -2.37. The topological polar surface area (TPSA) is 50.8 Å². The van der Waals surface area contributed by atoms with E-state index in [-0.39, 0.29) is 11.9 Å². The summed E-state index contributed by atoms with van der Waals surface area (Å²) < 4.78 is 10.6. The van der Waals surface area contributed by atoms with Gasteiger partial charge >= 0.3 is 0 Å². The minimum absolute atomic E-state index is 0.0639. The molecule has 132 valence electrons. The van der Waals surface area contributed by atoms with Gasteiger partial charge in [-0.3, -0.25) is 4.79 Å². The third-order valence-corrected chi connectivity index (χ3v) is 4.61. The first-order valence-electron chi connectivity index (χ1n) is 8.13. The minimum atomic E-state index is -0.0771. The SMILES string of the molecule is COc1ccc(C(=O)N2CCNCC2c2cccc(Cl)c2)c(OC)c1. The van der Waals surface area contributed by atoms with Crippen molar-refractivity contribution in [2.45, 2.75) is 6.04 Å². The second kappa shape index (κ2) is 7.76. The molecule has 1 atom stereocenters. The maximum absolute atomic E-state index is 13.2. The summed E-state index contributed by atoms with van der Waals surface area (Å²) in [6.07, 6.45) is 0. The van der Waals surface area contributed by atoms with Gasteiger partial charge < -0.3 is 19.7 Å². The van der Waals surface area contributed by atoms with E-state index in [9.17, 15) is 4.79 Å². The lowest BCUT2D eigenvalue weighted by Crippen LogP contribution is -2.48. The second-order valence-electron chi connectivity index (χ2n) is 5.84. The monoisotopic (exact) mass is 360 g/mol. The fourth-order valence-corrected chi connectivity index (χ4v) is 3.29. The smallest absolute Gasteiger partial charge is 0.258 e. The average Bonchev–Trinajstić information content (AvgIpc) is 2.67. The molecule has 1 N–H and O–H groups in total. The summed E-state index contributed by atoms with van der Waals surface area (Å²) in [5, 5.41) is 4.01. The Hall–Kier alpha value is -2.24. The van der Waals surface area contributed by atoms with Gasteiger partial charge in [0, 0.05) is 30.7 Å². The first-order valence-corrected chi connectivity index (χ1v) is 8.51. The molecule has 0 radical (unpaired) electrons. The fraction of sp³-hybridized carbons (Fsp3) is 0.316. The molecular formula is C19H21ClN2O3. The number of hydrogen-bond acceptors (Lipinski definition) is 4. The van der Waals surface area contributed by atoms with Gasteiger partial charge in [-0.2, -0.15) is 0 Å². The zero-order valence-electron chi connectivity index (χ0n) is 14.3. The molecule has 0 saturated carbocycles. The molecule has 1 heterocycles. The Labute approximate surface area is 152 Å². The number of nitrogens with one attached hydrogen (secondary N) is 1. The number of rotatable bonds is 4. The van der Waals surface area contributed by atoms with Crippen molar-refractivity contribution in [2.75, 3.05) is 33.9 Å². The van der Waals surface area contributed by atoms with E-state index in [0.717, 1.165) is 12.1 Å². The fourth-order valence-electron chi connectivity index (χ4n) is 3.09. The van der Waals surface area contributed by atoms with Crippen LogP contribution in [0.25, 0.3) is 0 Å². The average molecular weight is 361 g/mol. The summed E-state index contributed by atoms with van der Waals surface area (Å²) in [5.74, 6) is 1.10. The zero-order chi connectivity index (χ0) is 17.8. The summed E-state index contributed by atoms with van der Waals surface area (Å²) in [6, 6.07) is 12.8. The van der Waals surface area contributed by atoms with Crippen molar-refractivity contribution in [3.8, 4) is 11.5 Å². The van der Waals surface area contributed by atoms with Crippen molar-refractivity contribution in [3.63, 3.8) is 0 Å². The minimum Gasteiger partial charge on any atom is -0.497 e. The molecule has 6 heteroatoms. The van der Waals surface area contributed by atoms with Crippen LogP contribution >= 0.6 is 11.6 Å². The van der Waals surface area contributed by atoms with Crippen molar-refractivity contribution < 1.29 is 14.3 Å². The number of methoxy groups -OCH3 is 2. The molecule has 1 saturated heterocycles. The highest BCUT2D eigenvalue weighted by Crippen LogP contribution is 2.30. The van der Waals surface area contributed by atoms with Gasteiger partial charge in [-0.05, 0) is 29.8 Å². The number of amides is 1. The highest BCUT2D eigenvalue weighted by molar-refractivity contribution is 6.30. The number of carbonyl (C=O) groups is 1. The summed E-state index contributed by atoms with van der Waals surface area (Å²) in [6.45, 7) is 2.05. The van der Waals surface area contributed by atoms with Crippen LogP contribution in [-0.2, 0) is 0 Å². The largest absolute Gasteiger partial charge is 0.497 e. The van der Waals surface area contributed by atoms with Crippen LogP contribution in [0.4, 0.5) is 0 Å². The van der Waals surface area contributed by atoms with E-state index < -0.39 is 0 Å². The normalized spacial score (nSPS) is 17.2. The molecule has 0 spiro atoms. The lowest BCUT2D eigenvalue weighted by atomic mass is 10.0. The highest BCUT2D eigenvalue weighted by Gasteiger charge is 2.30. The van der Waals surface area contributed by atoms with Crippen molar-refractivity contribution in [2.24, 2.45) is 0 Å². The van der Waals surface area contributed by atoms with Crippen LogP contribution in [0.1, 0.15) is 22.0 Å². The molecule has 1 amide bonds. The van der Waals surface area contributed by atoms with Crippen molar-refractivity contribution >= 4 is 17.5 Å². The Bertz CT molecular complexity index is 766. The van der Waals surface area contributed by atoms with E-state index in [1.165, 1.54) is 0 Å². The Morgan fingerprint density at radius 3 is 2.76 bits per heavy atom. The van der Waals surface area contributed by atoms with Crippen LogP contribution in [0.5, 0.6) is 11.5 Å². The van der Waals surface area contributed by atoms with Gasteiger partial charge in [0.1, 0.15) is 11.5 Å². The van der Waals surface area contributed by atoms with Gasteiger partial charge in [0.2, 0.25) is 0 Å². The maximum Gasteiger partial charge on any atom is 0.258 e. The number of halogens is 1. The Balaban J connectivity index is 1.94. The predicted octanol–water partition coefficient (Wildman–Crippen LogP) is 3.14. The van der Waals surface area contributed by atoms with Gasteiger partial charge in [0.25, 0.3) is 5.91 Å². The quantitative estimate of drug-likeness (QED) is 0.910. The van der Waals surface area contributed by atoms with Crippen LogP contribution < -0.4 is 14.8 Å². The van der Waals surface area contributed by atoms with Gasteiger partial charge in [-0.25, -0.2) is 0 Å². The van der Waals surface area contributed by atoms with Crippen molar-refractivity contribution in [1.82, 2.24) is 10.2 Å². The van der Waals surface area contributed by atoms with Crippen LogP contribution in [0.2, 0.25) is 5.02 Å². The molecule has 1 aliphatic rings. The standard InChI is InChI=1S/C19H21ClN2O3/c1-24-15-6-7-16(18(11-15)25-2)19(23)22-9-8-21-12-17(22)13-4-3-5-14(20)10-13/h3-7,10-11,17,21H,8-9,12H2,1-2H3. The Kier molecular flexibility index (Phi) is 5.46. The summed E-state index contributed by atoms with van der Waals surface area (Å²) in [5.41, 5.74) is 1.54. The van der Waals surface area contributed by atoms with E-state index in [2.05, 4.69) is 5.32 Å². The molecule has 25 heavy (non-hydrogen) atoms. The summed E-state index contributed by atoms with van der Waals surface area (Å²) in [4.78, 5) is 15.1. The maximum atomic E-state index is 13.2. The zero-order valence-corrected chi connectivity index (χ0v) is 15.0. The number of ether oxygens (including phenoxy) is 2. The van der Waals surface area contributed by atoms with Gasteiger partial charge in [-0.15, -0.1) is 0 Å². The van der Waals surface area contributed by atoms with Gasteiger partial charge in [0.15, 0.2) is 0 Å². The number of piperazine rings is 1. The Morgan fingerprint density at radius 1 is 1.20 bits per heavy atom. The van der Waals surface area contributed by atoms with Gasteiger partial charge in [-0.1, -0.05) is 23.7 Å². The van der Waals surface area contributed by atoms with E-state index in [1.54, 1.807) is 32.4 Å². The molecule has 1 unspecified atom stereocenters. The molecule has 3 rings (SSSR count). The molecule has 2 aromatic rings. The Morgan fingerprint density at radius 2 is 2.04 bits per heavy atom. The van der Waals surface area contributed by atoms with E-state index in [4.69, 9.17) is 21.1 Å². The summed E-state index contributed by atoms with van der Waals surface area (Å²) >= 11 is 6.13. The number of benzene rings is 2. The van der Waals surface area contributed by atoms with E-state index in [1.807, 2.05) is 29.2 Å². The number of hydrogen-bond donors (Lipinski definition) is 1. The lowest BCUT2D eigenvalue weighted by molar-refractivity contribution is 0.0631. The van der Waals surface area contributed by atoms with Crippen molar-refractivity contribution in [3.05, 3.63) is 58.6 Å². The molecule has 5 nitrogen and oxygen atoms in total. The van der Waals surface area contributed by atoms with Crippen LogP contribution in [-0.4, -0.2) is 44.7 Å². The first-order chi connectivity index (χ1) is 12.1. The molecular weight excluding hydrogens is 340 g/mol. The van der Waals surface area contributed by atoms with E-state index >= 15 is 0 Å². The molecule has 0 aliphatic carbocycles. The van der Waals surface area contributed by atoms with Crippen LogP contribution in [0, 0.1) is 0 Å². The number of nitrogens with zero attached hydrogens (tertiary/aromatic N) is 1. The number of carbonyl (C=O) groups excluding carboxylic acids is 1. The third-order valence-electron chi connectivity index (χ3n) is 4.38. The molecule has 0 aromatic heterocycles. The van der Waals surface area contributed by atoms with Crippen molar-refractivity contribution in [1.29, 1.82) is 0 Å². The predicted molar refractivity (Wildman–Crippen MR) is 97.6 cm³/mol.